The molecule has 0 bridgehead atoms. The summed E-state index contributed by atoms with van der Waals surface area (Å²) in [5.74, 6) is 0. The van der Waals surface area contributed by atoms with Crippen molar-refractivity contribution in [2.24, 2.45) is 0 Å². The fraction of sp³-hybridized carbons (Fsp3) is 0.429. The molecule has 1 unspecified atom stereocenters. The van der Waals surface area contributed by atoms with Crippen LogP contribution >= 0.6 is 0 Å². The van der Waals surface area contributed by atoms with E-state index in [1.165, 1.54) is 12.8 Å². The lowest BCUT2D eigenvalue weighted by atomic mass is 9.97. The molecule has 1 aliphatic heterocycles. The summed E-state index contributed by atoms with van der Waals surface area (Å²) in [5, 5.41) is 0. The van der Waals surface area contributed by atoms with Gasteiger partial charge < -0.3 is 4.90 Å². The van der Waals surface area contributed by atoms with Crippen molar-refractivity contribution in [3.63, 3.8) is 0 Å². The lowest BCUT2D eigenvalue weighted by Gasteiger charge is -2.22. The predicted molar refractivity (Wildman–Crippen MR) is 107 cm³/mol. The van der Waals surface area contributed by atoms with Gasteiger partial charge in [0, 0.05) is 19.1 Å². The molecule has 0 spiro atoms. The number of hydrogen-bond donors (Lipinski definition) is 1. The molecule has 0 aromatic heterocycles. The third-order valence-electron chi connectivity index (χ3n) is 5.17. The summed E-state index contributed by atoms with van der Waals surface area (Å²) in [6.45, 7) is 6.56. The summed E-state index contributed by atoms with van der Waals surface area (Å²) >= 11 is 0. The summed E-state index contributed by atoms with van der Waals surface area (Å²) in [6, 6.07) is 16.3. The highest BCUT2D eigenvalue weighted by Crippen LogP contribution is 2.27. The first kappa shape index (κ1) is 19.1. The first-order valence-electron chi connectivity index (χ1n) is 9.43. The molecule has 5 heteroatoms. The van der Waals surface area contributed by atoms with Crippen molar-refractivity contribution in [2.45, 2.75) is 44.0 Å². The topological polar surface area (TPSA) is 49.4 Å². The van der Waals surface area contributed by atoms with Crippen molar-refractivity contribution in [1.29, 1.82) is 0 Å². The maximum atomic E-state index is 12.4. The number of sulfonamides is 1. The van der Waals surface area contributed by atoms with Gasteiger partial charge in [0.1, 0.15) is 0 Å². The average Bonchev–Trinajstić information content (AvgIpc) is 3.05. The minimum absolute atomic E-state index is 0.350. The van der Waals surface area contributed by atoms with Gasteiger partial charge in [0.25, 0.3) is 0 Å². The van der Waals surface area contributed by atoms with Gasteiger partial charge in [-0.05, 0) is 61.6 Å². The fourth-order valence-electron chi connectivity index (χ4n) is 3.71. The van der Waals surface area contributed by atoms with Crippen molar-refractivity contribution in [3.8, 4) is 11.1 Å². The first-order chi connectivity index (χ1) is 12.5. The van der Waals surface area contributed by atoms with E-state index in [1.54, 1.807) is 13.0 Å². The number of likely N-dealkylation sites (tertiary alicyclic amines) is 1. The van der Waals surface area contributed by atoms with E-state index in [1.807, 2.05) is 30.3 Å². The minimum Gasteiger partial charge on any atom is -0.300 e. The van der Waals surface area contributed by atoms with Crippen LogP contribution < -0.4 is 4.72 Å². The molecular weight excluding hydrogens is 344 g/mol. The SMILES string of the molecule is CCNS(=O)(=O)c1ccc(-c2ccccc2)c(CCN2CCCC2C)c1. The van der Waals surface area contributed by atoms with E-state index in [2.05, 4.69) is 28.7 Å². The standard InChI is InChI=1S/C21H28N2O2S/c1-3-22-26(24,25)20-11-12-21(18-9-5-4-6-10-18)19(16-20)13-15-23-14-7-8-17(23)2/h4-6,9-12,16-17,22H,3,7-8,13-15H2,1-2H3. The highest BCUT2D eigenvalue weighted by Gasteiger charge is 2.21. The highest BCUT2D eigenvalue weighted by atomic mass is 32.2. The molecule has 140 valence electrons. The Hall–Kier alpha value is -1.69. The largest absolute Gasteiger partial charge is 0.300 e. The molecule has 1 N–H and O–H groups in total. The molecule has 1 atom stereocenters. The van der Waals surface area contributed by atoms with E-state index in [0.717, 1.165) is 36.2 Å². The van der Waals surface area contributed by atoms with E-state index in [-0.39, 0.29) is 0 Å². The van der Waals surface area contributed by atoms with Gasteiger partial charge in [-0.1, -0.05) is 43.3 Å². The lowest BCUT2D eigenvalue weighted by Crippen LogP contribution is -2.29. The third kappa shape index (κ3) is 4.34. The third-order valence-corrected chi connectivity index (χ3v) is 6.71. The summed E-state index contributed by atoms with van der Waals surface area (Å²) in [4.78, 5) is 2.85. The van der Waals surface area contributed by atoms with E-state index >= 15 is 0 Å². The van der Waals surface area contributed by atoms with Crippen molar-refractivity contribution in [1.82, 2.24) is 9.62 Å². The van der Waals surface area contributed by atoms with E-state index in [4.69, 9.17) is 0 Å². The second kappa shape index (κ2) is 8.33. The van der Waals surface area contributed by atoms with Gasteiger partial charge in [-0.2, -0.15) is 0 Å². The van der Waals surface area contributed by atoms with Gasteiger partial charge in [0.05, 0.1) is 4.90 Å². The Morgan fingerprint density at radius 2 is 1.92 bits per heavy atom. The van der Waals surface area contributed by atoms with Crippen molar-refractivity contribution in [2.75, 3.05) is 19.6 Å². The maximum absolute atomic E-state index is 12.4. The summed E-state index contributed by atoms with van der Waals surface area (Å²) in [5.41, 5.74) is 3.34. The summed E-state index contributed by atoms with van der Waals surface area (Å²) in [6.07, 6.45) is 3.35. The van der Waals surface area contributed by atoms with Crippen LogP contribution in [0, 0.1) is 0 Å². The molecule has 0 amide bonds. The van der Waals surface area contributed by atoms with Crippen LogP contribution in [0.1, 0.15) is 32.3 Å². The van der Waals surface area contributed by atoms with Gasteiger partial charge in [-0.15, -0.1) is 0 Å². The van der Waals surface area contributed by atoms with Gasteiger partial charge in [-0.3, -0.25) is 0 Å². The molecule has 1 fully saturated rings. The van der Waals surface area contributed by atoms with Gasteiger partial charge >= 0.3 is 0 Å². The molecule has 0 radical (unpaired) electrons. The van der Waals surface area contributed by atoms with Crippen LogP contribution in [0.5, 0.6) is 0 Å². The molecule has 4 nitrogen and oxygen atoms in total. The van der Waals surface area contributed by atoms with Crippen LogP contribution in [0.2, 0.25) is 0 Å². The molecular formula is C21H28N2O2S. The molecule has 2 aromatic carbocycles. The molecule has 1 heterocycles. The predicted octanol–water partition coefficient (Wildman–Crippen LogP) is 3.68. The quantitative estimate of drug-likeness (QED) is 0.807. The molecule has 0 saturated carbocycles. The Labute approximate surface area is 157 Å². The van der Waals surface area contributed by atoms with Gasteiger partial charge in [0.2, 0.25) is 10.0 Å². The Balaban J connectivity index is 1.93. The normalized spacial score (nSPS) is 18.3. The number of benzene rings is 2. The second-order valence-corrected chi connectivity index (χ2v) is 8.73. The van der Waals surface area contributed by atoms with Crippen molar-refractivity contribution < 1.29 is 8.42 Å². The van der Waals surface area contributed by atoms with Crippen molar-refractivity contribution >= 4 is 10.0 Å². The fourth-order valence-corrected chi connectivity index (χ4v) is 4.80. The van der Waals surface area contributed by atoms with Crippen molar-refractivity contribution in [3.05, 3.63) is 54.1 Å². The zero-order valence-corrected chi connectivity index (χ0v) is 16.4. The van der Waals surface area contributed by atoms with Crippen LogP contribution in [0.25, 0.3) is 11.1 Å². The Kier molecular flexibility index (Phi) is 6.12. The Bertz CT molecular complexity index is 834. The van der Waals surface area contributed by atoms with Gasteiger partial charge in [-0.25, -0.2) is 13.1 Å². The molecule has 3 rings (SSSR count). The van der Waals surface area contributed by atoms with Crippen LogP contribution in [-0.4, -0.2) is 39.0 Å². The minimum atomic E-state index is -3.44. The molecule has 1 saturated heterocycles. The zero-order chi connectivity index (χ0) is 18.6. The number of hydrogen-bond acceptors (Lipinski definition) is 3. The molecule has 1 aliphatic rings. The monoisotopic (exact) mass is 372 g/mol. The van der Waals surface area contributed by atoms with Crippen LogP contribution in [0.15, 0.2) is 53.4 Å². The molecule has 2 aromatic rings. The smallest absolute Gasteiger partial charge is 0.240 e. The maximum Gasteiger partial charge on any atom is 0.240 e. The lowest BCUT2D eigenvalue weighted by molar-refractivity contribution is 0.272. The van der Waals surface area contributed by atoms with Gasteiger partial charge in [0.15, 0.2) is 0 Å². The number of rotatable bonds is 7. The first-order valence-corrected chi connectivity index (χ1v) is 10.9. The van der Waals surface area contributed by atoms with E-state index < -0.39 is 10.0 Å². The number of nitrogens with zero attached hydrogens (tertiary/aromatic N) is 1. The Morgan fingerprint density at radius 1 is 1.15 bits per heavy atom. The van der Waals surface area contributed by atoms with Crippen LogP contribution in [-0.2, 0) is 16.4 Å². The molecule has 0 aliphatic carbocycles. The Morgan fingerprint density at radius 3 is 2.58 bits per heavy atom. The average molecular weight is 373 g/mol. The molecule has 26 heavy (non-hydrogen) atoms. The second-order valence-electron chi connectivity index (χ2n) is 6.96. The van der Waals surface area contributed by atoms with Crippen LogP contribution in [0.4, 0.5) is 0 Å². The van der Waals surface area contributed by atoms with Crippen LogP contribution in [0.3, 0.4) is 0 Å². The highest BCUT2D eigenvalue weighted by molar-refractivity contribution is 7.89. The van der Waals surface area contributed by atoms with E-state index in [0.29, 0.717) is 17.5 Å². The summed E-state index contributed by atoms with van der Waals surface area (Å²) in [7, 11) is -3.44. The van der Waals surface area contributed by atoms with E-state index in [9.17, 15) is 8.42 Å². The summed E-state index contributed by atoms with van der Waals surface area (Å²) < 4.78 is 27.4. The number of nitrogens with one attached hydrogen (secondary N) is 1. The zero-order valence-electron chi connectivity index (χ0n) is 15.6.